The Morgan fingerprint density at radius 3 is 2.67 bits per heavy atom. The Hall–Kier alpha value is 0.660. The van der Waals surface area contributed by atoms with Crippen LogP contribution < -0.4 is 0 Å². The summed E-state index contributed by atoms with van der Waals surface area (Å²) in [6, 6.07) is 2.17. The average Bonchev–Trinajstić information content (AvgIpc) is 2.86. The Bertz CT molecular complexity index is 302. The topological polar surface area (TPSA) is 0 Å². The minimum absolute atomic E-state index is 0.836. The van der Waals surface area contributed by atoms with E-state index < -0.39 is 0 Å². The molecular weight excluding hydrogens is 336 g/mol. The molecule has 1 aliphatic rings. The van der Waals surface area contributed by atoms with Crippen molar-refractivity contribution in [3.8, 4) is 0 Å². The highest BCUT2D eigenvalue weighted by Crippen LogP contribution is 2.36. The third kappa shape index (κ3) is 3.07. The molecule has 1 saturated carbocycles. The molecule has 1 aromatic rings. The van der Waals surface area contributed by atoms with Gasteiger partial charge in [0.15, 0.2) is 0 Å². The van der Waals surface area contributed by atoms with Crippen molar-refractivity contribution >= 4 is 43.2 Å². The van der Waals surface area contributed by atoms with Gasteiger partial charge in [-0.2, -0.15) is 0 Å². The van der Waals surface area contributed by atoms with E-state index in [0.717, 1.165) is 17.2 Å². The van der Waals surface area contributed by atoms with Gasteiger partial charge in [0.05, 0.1) is 0 Å². The van der Waals surface area contributed by atoms with Gasteiger partial charge < -0.3 is 0 Å². The molecule has 1 heterocycles. The van der Waals surface area contributed by atoms with E-state index in [1.54, 1.807) is 0 Å². The van der Waals surface area contributed by atoms with Gasteiger partial charge in [0.2, 0.25) is 0 Å². The summed E-state index contributed by atoms with van der Waals surface area (Å²) in [4.78, 5) is 1.52. The highest BCUT2D eigenvalue weighted by Gasteiger charge is 2.25. The minimum atomic E-state index is 0.836. The van der Waals surface area contributed by atoms with Gasteiger partial charge in [0.25, 0.3) is 0 Å². The molecule has 3 heteroatoms. The summed E-state index contributed by atoms with van der Waals surface area (Å²) in [6.45, 7) is 0. The normalized spacial score (nSPS) is 19.6. The van der Waals surface area contributed by atoms with Crippen LogP contribution in [0.4, 0.5) is 0 Å². The van der Waals surface area contributed by atoms with E-state index in [1.165, 1.54) is 41.5 Å². The number of hydrogen-bond donors (Lipinski definition) is 0. The van der Waals surface area contributed by atoms with Crippen LogP contribution in [0.1, 0.15) is 30.6 Å². The fraction of sp³-hybridized carbons (Fsp3) is 0.667. The van der Waals surface area contributed by atoms with Crippen molar-refractivity contribution in [3.05, 3.63) is 20.8 Å². The van der Waals surface area contributed by atoms with Crippen LogP contribution in [-0.4, -0.2) is 5.33 Å². The summed E-state index contributed by atoms with van der Waals surface area (Å²) in [6.07, 6.45) is 7.02. The Morgan fingerprint density at radius 1 is 1.40 bits per heavy atom. The molecule has 1 atom stereocenters. The number of alkyl halides is 1. The van der Waals surface area contributed by atoms with E-state index >= 15 is 0 Å². The first-order valence-electron chi connectivity index (χ1n) is 5.59. The van der Waals surface area contributed by atoms with Crippen molar-refractivity contribution in [2.45, 2.75) is 32.1 Å². The quantitative estimate of drug-likeness (QED) is 0.649. The largest absolute Gasteiger partial charge is 0.148 e. The SMILES string of the molecule is BrCC(Cc1sccc1Br)C1CCCC1. The molecule has 1 aliphatic carbocycles. The lowest BCUT2D eigenvalue weighted by molar-refractivity contribution is 0.374. The second-order valence-corrected chi connectivity index (χ2v) is 6.86. The molecule has 0 spiro atoms. The monoisotopic (exact) mass is 350 g/mol. The van der Waals surface area contributed by atoms with E-state index in [1.807, 2.05) is 11.3 Å². The van der Waals surface area contributed by atoms with Crippen molar-refractivity contribution in [1.82, 2.24) is 0 Å². The fourth-order valence-electron chi connectivity index (χ4n) is 2.48. The van der Waals surface area contributed by atoms with Gasteiger partial charge in [0, 0.05) is 14.7 Å². The maximum Gasteiger partial charge on any atom is 0.0314 e. The predicted molar refractivity (Wildman–Crippen MR) is 75.0 cm³/mol. The van der Waals surface area contributed by atoms with Crippen LogP contribution in [0.2, 0.25) is 0 Å². The van der Waals surface area contributed by atoms with Gasteiger partial charge in [-0.05, 0) is 45.6 Å². The van der Waals surface area contributed by atoms with Crippen LogP contribution in [0.3, 0.4) is 0 Å². The van der Waals surface area contributed by atoms with Crippen molar-refractivity contribution < 1.29 is 0 Å². The van der Waals surface area contributed by atoms with Crippen LogP contribution in [0.25, 0.3) is 0 Å². The number of thiophene rings is 1. The highest BCUT2D eigenvalue weighted by molar-refractivity contribution is 9.10. The van der Waals surface area contributed by atoms with Gasteiger partial charge >= 0.3 is 0 Å². The molecule has 0 aromatic carbocycles. The Morgan fingerprint density at radius 2 is 2.13 bits per heavy atom. The molecule has 0 saturated heterocycles. The zero-order valence-electron chi connectivity index (χ0n) is 8.72. The van der Waals surface area contributed by atoms with Gasteiger partial charge in [-0.25, -0.2) is 0 Å². The maximum absolute atomic E-state index is 3.69. The van der Waals surface area contributed by atoms with Gasteiger partial charge in [-0.1, -0.05) is 41.6 Å². The third-order valence-corrected chi connectivity index (χ3v) is 6.18. The first-order chi connectivity index (χ1) is 7.31. The lowest BCUT2D eigenvalue weighted by Crippen LogP contribution is -2.15. The minimum Gasteiger partial charge on any atom is -0.148 e. The van der Waals surface area contributed by atoms with Gasteiger partial charge in [0.1, 0.15) is 0 Å². The van der Waals surface area contributed by atoms with E-state index in [4.69, 9.17) is 0 Å². The zero-order valence-corrected chi connectivity index (χ0v) is 12.7. The molecule has 1 unspecified atom stereocenters. The molecule has 1 fully saturated rings. The van der Waals surface area contributed by atoms with E-state index in [-0.39, 0.29) is 0 Å². The summed E-state index contributed by atoms with van der Waals surface area (Å²) in [7, 11) is 0. The standard InChI is InChI=1S/C12H16Br2S/c13-8-10(9-3-1-2-4-9)7-12-11(14)5-6-15-12/h5-6,9-10H,1-4,7-8H2. The molecule has 0 radical (unpaired) electrons. The molecule has 0 aliphatic heterocycles. The molecule has 1 aromatic heterocycles. The van der Waals surface area contributed by atoms with E-state index in [9.17, 15) is 0 Å². The number of halogens is 2. The summed E-state index contributed by atoms with van der Waals surface area (Å²) in [5, 5.41) is 3.33. The second kappa shape index (κ2) is 5.83. The molecule has 84 valence electrons. The maximum atomic E-state index is 3.69. The summed E-state index contributed by atoms with van der Waals surface area (Å²) in [5.41, 5.74) is 0. The Kier molecular flexibility index (Phi) is 4.71. The van der Waals surface area contributed by atoms with Crippen LogP contribution in [0, 0.1) is 11.8 Å². The Balaban J connectivity index is 1.98. The van der Waals surface area contributed by atoms with Crippen LogP contribution >= 0.6 is 43.2 Å². The first-order valence-corrected chi connectivity index (χ1v) is 8.38. The van der Waals surface area contributed by atoms with Crippen LogP contribution in [0.5, 0.6) is 0 Å². The van der Waals surface area contributed by atoms with Crippen molar-refractivity contribution in [2.75, 3.05) is 5.33 Å². The second-order valence-electron chi connectivity index (χ2n) is 4.35. The van der Waals surface area contributed by atoms with Crippen LogP contribution in [0.15, 0.2) is 15.9 Å². The fourth-order valence-corrected chi connectivity index (χ4v) is 4.85. The van der Waals surface area contributed by atoms with Crippen molar-refractivity contribution in [2.24, 2.45) is 11.8 Å². The van der Waals surface area contributed by atoms with Crippen molar-refractivity contribution in [3.63, 3.8) is 0 Å². The third-order valence-electron chi connectivity index (χ3n) is 3.40. The van der Waals surface area contributed by atoms with Gasteiger partial charge in [-0.3, -0.25) is 0 Å². The van der Waals surface area contributed by atoms with E-state index in [0.29, 0.717) is 0 Å². The van der Waals surface area contributed by atoms with Crippen molar-refractivity contribution in [1.29, 1.82) is 0 Å². The molecule has 0 nitrogen and oxygen atoms in total. The smallest absolute Gasteiger partial charge is 0.0314 e. The lowest BCUT2D eigenvalue weighted by Gasteiger charge is -2.20. The van der Waals surface area contributed by atoms with Gasteiger partial charge in [-0.15, -0.1) is 11.3 Å². The summed E-state index contributed by atoms with van der Waals surface area (Å²) >= 11 is 9.20. The number of hydrogen-bond acceptors (Lipinski definition) is 1. The summed E-state index contributed by atoms with van der Waals surface area (Å²) < 4.78 is 1.30. The molecule has 0 bridgehead atoms. The first kappa shape index (κ1) is 12.1. The molecular formula is C12H16Br2S. The number of rotatable bonds is 4. The van der Waals surface area contributed by atoms with E-state index in [2.05, 4.69) is 43.3 Å². The molecule has 15 heavy (non-hydrogen) atoms. The summed E-state index contributed by atoms with van der Waals surface area (Å²) in [5.74, 6) is 1.79. The average molecular weight is 352 g/mol. The lowest BCUT2D eigenvalue weighted by atomic mass is 9.89. The molecule has 2 rings (SSSR count). The molecule has 0 amide bonds. The zero-order chi connectivity index (χ0) is 10.7. The van der Waals surface area contributed by atoms with Crippen LogP contribution in [-0.2, 0) is 6.42 Å². The Labute approximate surface area is 113 Å². The molecule has 0 N–H and O–H groups in total. The predicted octanol–water partition coefficient (Wildman–Crippen LogP) is 5.25. The highest BCUT2D eigenvalue weighted by atomic mass is 79.9.